The average molecular weight is 196 g/mol. The molecule has 13 heavy (non-hydrogen) atoms. The number of hydrogen-bond acceptors (Lipinski definition) is 1. The van der Waals surface area contributed by atoms with Crippen molar-refractivity contribution in [1.29, 1.82) is 0 Å². The quantitative estimate of drug-likeness (QED) is 0.733. The van der Waals surface area contributed by atoms with Gasteiger partial charge in [-0.15, -0.1) is 0 Å². The summed E-state index contributed by atoms with van der Waals surface area (Å²) in [4.78, 5) is 0. The third-order valence-electron chi connectivity index (χ3n) is 2.68. The lowest BCUT2D eigenvalue weighted by atomic mass is 10.1. The first-order chi connectivity index (χ1) is 5.87. The van der Waals surface area contributed by atoms with Crippen LogP contribution in [-0.4, -0.2) is 16.9 Å². The lowest BCUT2D eigenvalue weighted by Crippen LogP contribution is -2.17. The lowest BCUT2D eigenvalue weighted by molar-refractivity contribution is -0.141. The second-order valence-electron chi connectivity index (χ2n) is 3.91. The second kappa shape index (κ2) is 3.48. The normalized spacial score (nSPS) is 33.5. The van der Waals surface area contributed by atoms with E-state index in [1.165, 1.54) is 0 Å². The molecule has 0 aliphatic heterocycles. The molecule has 0 aromatic heterocycles. The van der Waals surface area contributed by atoms with Crippen molar-refractivity contribution < 1.29 is 18.3 Å². The van der Waals surface area contributed by atoms with Crippen LogP contribution in [-0.2, 0) is 0 Å². The molecular weight excluding hydrogens is 181 g/mol. The molecule has 4 heteroatoms. The van der Waals surface area contributed by atoms with Crippen molar-refractivity contribution in [3.63, 3.8) is 0 Å². The van der Waals surface area contributed by atoms with Crippen molar-refractivity contribution in [2.75, 3.05) is 0 Å². The molecule has 0 aromatic rings. The van der Waals surface area contributed by atoms with E-state index in [-0.39, 0.29) is 12.3 Å². The first-order valence-electron chi connectivity index (χ1n) is 4.66. The Bertz CT molecular complexity index is 178. The highest BCUT2D eigenvalue weighted by molar-refractivity contribution is 5.02. The van der Waals surface area contributed by atoms with Gasteiger partial charge in [-0.2, -0.15) is 13.2 Å². The van der Waals surface area contributed by atoms with Gasteiger partial charge >= 0.3 is 6.18 Å². The third-order valence-corrected chi connectivity index (χ3v) is 2.68. The van der Waals surface area contributed by atoms with Gasteiger partial charge in [0.2, 0.25) is 0 Å². The molecule has 0 bridgehead atoms. The molecule has 1 saturated carbocycles. The van der Waals surface area contributed by atoms with E-state index in [2.05, 4.69) is 0 Å². The maximum Gasteiger partial charge on any atom is 0.389 e. The Morgan fingerprint density at radius 1 is 1.46 bits per heavy atom. The van der Waals surface area contributed by atoms with Crippen LogP contribution in [0.2, 0.25) is 0 Å². The molecule has 1 N–H and O–H groups in total. The maximum atomic E-state index is 11.8. The van der Waals surface area contributed by atoms with E-state index >= 15 is 0 Å². The Balaban J connectivity index is 2.24. The maximum absolute atomic E-state index is 11.8. The van der Waals surface area contributed by atoms with E-state index in [0.717, 1.165) is 12.8 Å². The fourth-order valence-corrected chi connectivity index (χ4v) is 1.75. The van der Waals surface area contributed by atoms with Gasteiger partial charge in [-0.3, -0.25) is 0 Å². The van der Waals surface area contributed by atoms with Crippen LogP contribution in [0.25, 0.3) is 0 Å². The van der Waals surface area contributed by atoms with E-state index in [1.54, 1.807) is 0 Å². The summed E-state index contributed by atoms with van der Waals surface area (Å²) in [6, 6.07) is 0. The van der Waals surface area contributed by atoms with Gasteiger partial charge in [0, 0.05) is 6.42 Å². The minimum atomic E-state index is -4.13. The molecule has 0 aromatic carbocycles. The zero-order valence-electron chi connectivity index (χ0n) is 7.69. The Kier molecular flexibility index (Phi) is 2.90. The van der Waals surface area contributed by atoms with E-state index < -0.39 is 18.2 Å². The van der Waals surface area contributed by atoms with Crippen LogP contribution in [0.4, 0.5) is 13.2 Å². The summed E-state index contributed by atoms with van der Waals surface area (Å²) >= 11 is 0. The van der Waals surface area contributed by atoms with Gasteiger partial charge in [-0.1, -0.05) is 13.3 Å². The Morgan fingerprint density at radius 2 is 2.08 bits per heavy atom. The van der Waals surface area contributed by atoms with Crippen LogP contribution in [0.15, 0.2) is 0 Å². The predicted molar refractivity (Wildman–Crippen MR) is 43.3 cm³/mol. The smallest absolute Gasteiger partial charge is 0.389 e. The highest BCUT2D eigenvalue weighted by atomic mass is 19.4. The molecule has 78 valence electrons. The highest BCUT2D eigenvalue weighted by Gasteiger charge is 2.52. The van der Waals surface area contributed by atoms with Crippen molar-refractivity contribution in [3.8, 4) is 0 Å². The largest absolute Gasteiger partial charge is 0.390 e. The highest BCUT2D eigenvalue weighted by Crippen LogP contribution is 2.50. The van der Waals surface area contributed by atoms with Crippen molar-refractivity contribution in [1.82, 2.24) is 0 Å². The summed E-state index contributed by atoms with van der Waals surface area (Å²) in [5.41, 5.74) is -0.995. The van der Waals surface area contributed by atoms with Gasteiger partial charge in [0.05, 0.1) is 5.60 Å². The number of alkyl halides is 3. The molecule has 1 fully saturated rings. The van der Waals surface area contributed by atoms with Crippen LogP contribution in [0.1, 0.15) is 39.0 Å². The van der Waals surface area contributed by atoms with Crippen LogP contribution in [0, 0.1) is 5.92 Å². The first-order valence-corrected chi connectivity index (χ1v) is 4.66. The summed E-state index contributed by atoms with van der Waals surface area (Å²) in [5.74, 6) is 0.111. The molecule has 1 nitrogen and oxygen atoms in total. The molecule has 1 aliphatic carbocycles. The fraction of sp³-hybridized carbons (Fsp3) is 1.00. The minimum absolute atomic E-state index is 0.111. The molecular formula is C9H15F3O. The minimum Gasteiger partial charge on any atom is -0.390 e. The molecule has 1 aliphatic rings. The molecule has 2 atom stereocenters. The van der Waals surface area contributed by atoms with Crippen LogP contribution in [0.5, 0.6) is 0 Å². The SMILES string of the molecule is CCCC1CC1(O)CCC(F)(F)F. The first kappa shape index (κ1) is 10.8. The van der Waals surface area contributed by atoms with Gasteiger partial charge in [0.1, 0.15) is 0 Å². The summed E-state index contributed by atoms with van der Waals surface area (Å²) < 4.78 is 35.4. The van der Waals surface area contributed by atoms with Crippen LogP contribution in [0.3, 0.4) is 0 Å². The molecule has 2 unspecified atom stereocenters. The molecule has 0 saturated heterocycles. The van der Waals surface area contributed by atoms with Crippen LogP contribution < -0.4 is 0 Å². The summed E-state index contributed by atoms with van der Waals surface area (Å²) in [5, 5.41) is 9.58. The van der Waals surface area contributed by atoms with Crippen molar-refractivity contribution in [3.05, 3.63) is 0 Å². The van der Waals surface area contributed by atoms with Gasteiger partial charge in [0.25, 0.3) is 0 Å². The van der Waals surface area contributed by atoms with E-state index in [4.69, 9.17) is 0 Å². The van der Waals surface area contributed by atoms with Crippen LogP contribution >= 0.6 is 0 Å². The Labute approximate surface area is 75.9 Å². The average Bonchev–Trinajstić information content (AvgIpc) is 2.59. The fourth-order valence-electron chi connectivity index (χ4n) is 1.75. The molecule has 1 rings (SSSR count). The lowest BCUT2D eigenvalue weighted by Gasteiger charge is -2.11. The zero-order valence-corrected chi connectivity index (χ0v) is 7.69. The predicted octanol–water partition coefficient (Wildman–Crippen LogP) is 2.88. The summed E-state index contributed by atoms with van der Waals surface area (Å²) in [6.07, 6.45) is -2.79. The number of aliphatic hydroxyl groups is 1. The Hall–Kier alpha value is -0.250. The summed E-state index contributed by atoms with van der Waals surface area (Å²) in [6.45, 7) is 1.97. The van der Waals surface area contributed by atoms with E-state index in [1.807, 2.05) is 6.92 Å². The van der Waals surface area contributed by atoms with Gasteiger partial charge in [0.15, 0.2) is 0 Å². The Morgan fingerprint density at radius 3 is 2.54 bits per heavy atom. The monoisotopic (exact) mass is 196 g/mol. The van der Waals surface area contributed by atoms with Crippen molar-refractivity contribution >= 4 is 0 Å². The van der Waals surface area contributed by atoms with E-state index in [9.17, 15) is 18.3 Å². The third kappa shape index (κ3) is 3.18. The topological polar surface area (TPSA) is 20.2 Å². The summed E-state index contributed by atoms with van der Waals surface area (Å²) in [7, 11) is 0. The van der Waals surface area contributed by atoms with E-state index in [0.29, 0.717) is 6.42 Å². The van der Waals surface area contributed by atoms with Gasteiger partial charge in [-0.25, -0.2) is 0 Å². The van der Waals surface area contributed by atoms with Gasteiger partial charge in [-0.05, 0) is 25.2 Å². The molecule has 0 amide bonds. The molecule has 0 spiro atoms. The van der Waals surface area contributed by atoms with Crippen molar-refractivity contribution in [2.45, 2.75) is 50.8 Å². The second-order valence-corrected chi connectivity index (χ2v) is 3.91. The molecule has 0 radical (unpaired) electrons. The number of rotatable bonds is 4. The number of hydrogen-bond donors (Lipinski definition) is 1. The molecule has 0 heterocycles. The number of halogens is 3. The standard InChI is InChI=1S/C9H15F3O/c1-2-3-7-6-8(7,13)4-5-9(10,11)12/h7,13H,2-6H2,1H3. The van der Waals surface area contributed by atoms with Crippen molar-refractivity contribution in [2.24, 2.45) is 5.92 Å². The zero-order chi connectivity index (χ0) is 10.1. The van der Waals surface area contributed by atoms with Gasteiger partial charge < -0.3 is 5.11 Å².